The number of carboxylic acids is 1. The third-order valence-corrected chi connectivity index (χ3v) is 3.28. The Hall–Kier alpha value is -1.54. The molecule has 0 aliphatic carbocycles. The molecule has 0 atom stereocenters. The number of halogens is 1. The molecular weight excluding hydrogens is 272 g/mol. The molecule has 0 radical (unpaired) electrons. The van der Waals surface area contributed by atoms with Gasteiger partial charge in [-0.2, -0.15) is 5.26 Å². The summed E-state index contributed by atoms with van der Waals surface area (Å²) < 4.78 is 0.829. The topological polar surface area (TPSA) is 64.3 Å². The Balaban J connectivity index is 2.13. The minimum Gasteiger partial charge on any atom is -0.481 e. The van der Waals surface area contributed by atoms with Crippen molar-refractivity contribution in [3.63, 3.8) is 0 Å². The molecule has 0 aromatic heterocycles. The SMILES string of the molecule is N#Cc1ccc(N2CC(C(=O)O)C2)c(Br)c1. The number of nitrogens with zero attached hydrogens (tertiary/aromatic N) is 2. The molecule has 0 unspecified atom stereocenters. The lowest BCUT2D eigenvalue weighted by Crippen LogP contribution is -2.50. The second kappa shape index (κ2) is 4.14. The second-order valence-electron chi connectivity index (χ2n) is 3.72. The maximum Gasteiger partial charge on any atom is 0.310 e. The van der Waals surface area contributed by atoms with Crippen LogP contribution < -0.4 is 4.90 Å². The average Bonchev–Trinajstić information content (AvgIpc) is 2.17. The first kappa shape index (κ1) is 11.0. The third kappa shape index (κ3) is 1.89. The van der Waals surface area contributed by atoms with E-state index >= 15 is 0 Å². The molecule has 0 saturated carbocycles. The van der Waals surface area contributed by atoms with Crippen molar-refractivity contribution in [3.05, 3.63) is 28.2 Å². The summed E-state index contributed by atoms with van der Waals surface area (Å²) in [7, 11) is 0. The molecular formula is C11H9BrN2O2. The molecule has 0 bridgehead atoms. The largest absolute Gasteiger partial charge is 0.481 e. The van der Waals surface area contributed by atoms with Gasteiger partial charge in [-0.05, 0) is 34.1 Å². The van der Waals surface area contributed by atoms with Crippen molar-refractivity contribution in [2.45, 2.75) is 0 Å². The van der Waals surface area contributed by atoms with Crippen LogP contribution in [0.2, 0.25) is 0 Å². The summed E-state index contributed by atoms with van der Waals surface area (Å²) in [6.07, 6.45) is 0. The van der Waals surface area contributed by atoms with Crippen LogP contribution in [-0.2, 0) is 4.79 Å². The van der Waals surface area contributed by atoms with E-state index in [1.807, 2.05) is 11.0 Å². The highest BCUT2D eigenvalue weighted by atomic mass is 79.9. The highest BCUT2D eigenvalue weighted by molar-refractivity contribution is 9.10. The fraction of sp³-hybridized carbons (Fsp3) is 0.273. The Morgan fingerprint density at radius 2 is 2.25 bits per heavy atom. The smallest absolute Gasteiger partial charge is 0.310 e. The molecule has 0 spiro atoms. The molecule has 82 valence electrons. The monoisotopic (exact) mass is 280 g/mol. The summed E-state index contributed by atoms with van der Waals surface area (Å²) in [6, 6.07) is 7.36. The zero-order chi connectivity index (χ0) is 11.7. The maximum atomic E-state index is 10.7. The molecule has 1 aliphatic rings. The molecule has 5 heteroatoms. The van der Waals surface area contributed by atoms with Gasteiger partial charge >= 0.3 is 5.97 Å². The maximum absolute atomic E-state index is 10.7. The number of benzene rings is 1. The molecule has 4 nitrogen and oxygen atoms in total. The predicted molar refractivity (Wildman–Crippen MR) is 62.2 cm³/mol. The van der Waals surface area contributed by atoms with Gasteiger partial charge in [0.25, 0.3) is 0 Å². The molecule has 1 saturated heterocycles. The number of aliphatic carboxylic acids is 1. The van der Waals surface area contributed by atoms with Crippen LogP contribution in [0.4, 0.5) is 5.69 Å². The van der Waals surface area contributed by atoms with Crippen molar-refractivity contribution in [2.75, 3.05) is 18.0 Å². The van der Waals surface area contributed by atoms with Crippen LogP contribution in [0.15, 0.2) is 22.7 Å². The van der Waals surface area contributed by atoms with Gasteiger partial charge in [-0.1, -0.05) is 0 Å². The van der Waals surface area contributed by atoms with E-state index in [4.69, 9.17) is 10.4 Å². The Kier molecular flexibility index (Phi) is 2.84. The van der Waals surface area contributed by atoms with Crippen LogP contribution in [0, 0.1) is 17.2 Å². The molecule has 2 rings (SSSR count). The summed E-state index contributed by atoms with van der Waals surface area (Å²) in [5.41, 5.74) is 1.53. The minimum atomic E-state index is -0.749. The lowest BCUT2D eigenvalue weighted by atomic mass is 9.99. The summed E-state index contributed by atoms with van der Waals surface area (Å²) >= 11 is 3.38. The van der Waals surface area contributed by atoms with Crippen LogP contribution in [0.5, 0.6) is 0 Å². The minimum absolute atomic E-state index is 0.275. The molecule has 1 aliphatic heterocycles. The summed E-state index contributed by atoms with van der Waals surface area (Å²) in [4.78, 5) is 12.6. The highest BCUT2D eigenvalue weighted by Gasteiger charge is 2.33. The van der Waals surface area contributed by atoms with Crippen LogP contribution in [0.1, 0.15) is 5.56 Å². The van der Waals surface area contributed by atoms with Gasteiger partial charge in [-0.25, -0.2) is 0 Å². The molecule has 1 heterocycles. The van der Waals surface area contributed by atoms with E-state index in [9.17, 15) is 4.79 Å². The van der Waals surface area contributed by atoms with Gasteiger partial charge in [0.1, 0.15) is 0 Å². The zero-order valence-electron chi connectivity index (χ0n) is 8.35. The van der Waals surface area contributed by atoms with Gasteiger partial charge in [0, 0.05) is 17.6 Å². The van der Waals surface area contributed by atoms with Crippen molar-refractivity contribution >= 4 is 27.6 Å². The summed E-state index contributed by atoms with van der Waals surface area (Å²) in [6.45, 7) is 1.06. The second-order valence-corrected chi connectivity index (χ2v) is 4.57. The number of hydrogen-bond donors (Lipinski definition) is 1. The number of carboxylic acid groups (broad SMARTS) is 1. The zero-order valence-corrected chi connectivity index (χ0v) is 9.94. The Morgan fingerprint density at radius 1 is 1.56 bits per heavy atom. The fourth-order valence-corrected chi connectivity index (χ4v) is 2.29. The molecule has 1 aromatic rings. The summed E-state index contributed by atoms with van der Waals surface area (Å²) in [5, 5.41) is 17.5. The van der Waals surface area contributed by atoms with E-state index in [2.05, 4.69) is 22.0 Å². The lowest BCUT2D eigenvalue weighted by Gasteiger charge is -2.39. The Labute approximate surface area is 101 Å². The van der Waals surface area contributed by atoms with E-state index in [1.54, 1.807) is 12.1 Å². The van der Waals surface area contributed by atoms with E-state index in [-0.39, 0.29) is 5.92 Å². The first-order chi connectivity index (χ1) is 7.61. The average molecular weight is 281 g/mol. The van der Waals surface area contributed by atoms with E-state index in [0.29, 0.717) is 18.7 Å². The lowest BCUT2D eigenvalue weighted by molar-refractivity contribution is -0.142. The van der Waals surface area contributed by atoms with Gasteiger partial charge < -0.3 is 10.0 Å². The fourth-order valence-electron chi connectivity index (χ4n) is 1.66. The first-order valence-electron chi connectivity index (χ1n) is 4.79. The van der Waals surface area contributed by atoms with Gasteiger partial charge in [-0.3, -0.25) is 4.79 Å². The number of rotatable bonds is 2. The number of hydrogen-bond acceptors (Lipinski definition) is 3. The quantitative estimate of drug-likeness (QED) is 0.898. The van der Waals surface area contributed by atoms with Gasteiger partial charge in [0.05, 0.1) is 23.2 Å². The standard InChI is InChI=1S/C11H9BrN2O2/c12-9-3-7(4-13)1-2-10(9)14-5-8(6-14)11(15)16/h1-3,8H,5-6H2,(H,15,16). The Morgan fingerprint density at radius 3 is 2.75 bits per heavy atom. The molecule has 1 fully saturated rings. The highest BCUT2D eigenvalue weighted by Crippen LogP contribution is 2.32. The van der Waals surface area contributed by atoms with Crippen LogP contribution in [-0.4, -0.2) is 24.2 Å². The van der Waals surface area contributed by atoms with E-state index in [1.165, 1.54) is 0 Å². The van der Waals surface area contributed by atoms with Crippen molar-refractivity contribution in [3.8, 4) is 6.07 Å². The van der Waals surface area contributed by atoms with Gasteiger partial charge in [0.2, 0.25) is 0 Å². The predicted octanol–water partition coefficient (Wildman–Crippen LogP) is 1.84. The Bertz CT molecular complexity index is 475. The van der Waals surface area contributed by atoms with Gasteiger partial charge in [-0.15, -0.1) is 0 Å². The molecule has 1 aromatic carbocycles. The third-order valence-electron chi connectivity index (χ3n) is 2.65. The molecule has 1 N–H and O–H groups in total. The van der Waals surface area contributed by atoms with E-state index < -0.39 is 5.97 Å². The van der Waals surface area contributed by atoms with Crippen molar-refractivity contribution in [1.29, 1.82) is 5.26 Å². The number of anilines is 1. The van der Waals surface area contributed by atoms with Crippen molar-refractivity contribution < 1.29 is 9.90 Å². The van der Waals surface area contributed by atoms with Crippen molar-refractivity contribution in [1.82, 2.24) is 0 Å². The van der Waals surface area contributed by atoms with Crippen molar-refractivity contribution in [2.24, 2.45) is 5.92 Å². The van der Waals surface area contributed by atoms with Gasteiger partial charge in [0.15, 0.2) is 0 Å². The number of carbonyl (C=O) groups is 1. The summed E-state index contributed by atoms with van der Waals surface area (Å²) in [5.74, 6) is -1.02. The van der Waals surface area contributed by atoms with Crippen LogP contribution in [0.3, 0.4) is 0 Å². The van der Waals surface area contributed by atoms with E-state index in [0.717, 1.165) is 10.2 Å². The normalized spacial score (nSPS) is 15.4. The first-order valence-corrected chi connectivity index (χ1v) is 5.58. The molecule has 0 amide bonds. The van der Waals surface area contributed by atoms with Crippen LogP contribution in [0.25, 0.3) is 0 Å². The molecule has 16 heavy (non-hydrogen) atoms. The van der Waals surface area contributed by atoms with Crippen LogP contribution >= 0.6 is 15.9 Å². The number of nitriles is 1.